The molecule has 3 aliphatic rings. The molecule has 6 heteroatoms. The minimum absolute atomic E-state index is 0. The molecule has 2 aromatic carbocycles. The summed E-state index contributed by atoms with van der Waals surface area (Å²) in [4.78, 5) is 0. The maximum atomic E-state index is 5.96. The van der Waals surface area contributed by atoms with Crippen molar-refractivity contribution in [1.82, 2.24) is 0 Å². The van der Waals surface area contributed by atoms with E-state index in [0.29, 0.717) is 23.3 Å². The van der Waals surface area contributed by atoms with Crippen molar-refractivity contribution in [3.63, 3.8) is 0 Å². The molecular weight excluding hydrogens is 487 g/mol. The Hall–Kier alpha value is -1.41. The van der Waals surface area contributed by atoms with Gasteiger partial charge in [-0.2, -0.15) is 0 Å². The summed E-state index contributed by atoms with van der Waals surface area (Å²) in [7, 11) is 7.83. The zero-order valence-corrected chi connectivity index (χ0v) is 22.7. The Morgan fingerprint density at radius 3 is 2.00 bits per heavy atom. The number of para-hydroxylation sites is 4. The summed E-state index contributed by atoms with van der Waals surface area (Å²) in [6.07, 6.45) is 16.2. The molecule has 2 aromatic rings. The zero-order chi connectivity index (χ0) is 22.0. The van der Waals surface area contributed by atoms with E-state index in [2.05, 4.69) is 96.4 Å². The molecule has 2 nitrogen and oxygen atoms in total. The second-order valence-electron chi connectivity index (χ2n) is 8.69. The Morgan fingerprint density at radius 1 is 0.969 bits per heavy atom. The molecule has 32 heavy (non-hydrogen) atoms. The third-order valence-corrected chi connectivity index (χ3v) is 10.9. The van der Waals surface area contributed by atoms with Gasteiger partial charge >= 0.3 is 35.6 Å². The molecular formula is C26H28Cl2N2SiTi-2. The summed E-state index contributed by atoms with van der Waals surface area (Å²) in [6.45, 7) is 5.03. The van der Waals surface area contributed by atoms with Crippen LogP contribution in [0.3, 0.4) is 0 Å². The van der Waals surface area contributed by atoms with Gasteiger partial charge in [-0.3, -0.25) is 0 Å². The molecule has 0 saturated heterocycles. The molecule has 0 spiro atoms. The standard InChI is InChI=1S/C25H25N2Si.CH3.2ClH.Ti/c1-4-18-17-25(20-12-6-5-11-19(18)20)28(2,3)27-23-15-9-7-13-21(23)26-22-14-8-10-16-24(22)27;;;;/h1,5-16,18-20,25H,17H2,2-3H3;1H3;2*1H;/q2*-1;;;+2/p-2/t18-,19-,20-,25?;;;;/m0..../s1. The summed E-state index contributed by atoms with van der Waals surface area (Å²) in [5, 5.41) is 4.93. The van der Waals surface area contributed by atoms with E-state index in [1.54, 1.807) is 0 Å². The zero-order valence-electron chi connectivity index (χ0n) is 18.7. The van der Waals surface area contributed by atoms with Gasteiger partial charge in [-0.1, -0.05) is 73.8 Å². The van der Waals surface area contributed by atoms with Gasteiger partial charge in [0.05, 0.1) is 0 Å². The molecule has 0 aromatic heterocycles. The van der Waals surface area contributed by atoms with Crippen molar-refractivity contribution in [1.29, 1.82) is 0 Å². The Bertz CT molecular complexity index is 1000. The van der Waals surface area contributed by atoms with E-state index in [9.17, 15) is 0 Å². The number of anilines is 2. The van der Waals surface area contributed by atoms with Crippen LogP contribution < -0.4 is 4.57 Å². The summed E-state index contributed by atoms with van der Waals surface area (Å²) in [5.74, 6) is 4.45. The second-order valence-corrected chi connectivity index (χ2v) is 15.8. The van der Waals surface area contributed by atoms with Gasteiger partial charge in [-0.25, -0.2) is 0 Å². The molecule has 166 valence electrons. The van der Waals surface area contributed by atoms with E-state index >= 15 is 0 Å². The van der Waals surface area contributed by atoms with Gasteiger partial charge in [-0.15, -0.1) is 23.7 Å². The predicted octanol–water partition coefficient (Wildman–Crippen LogP) is 8.89. The van der Waals surface area contributed by atoms with E-state index < -0.39 is 25.3 Å². The first-order valence-electron chi connectivity index (χ1n) is 10.5. The van der Waals surface area contributed by atoms with Crippen molar-refractivity contribution < 1.29 is 17.0 Å². The summed E-state index contributed by atoms with van der Waals surface area (Å²) in [6, 6.07) is 17.1. The van der Waals surface area contributed by atoms with Crippen molar-refractivity contribution in [2.75, 3.05) is 4.57 Å². The molecule has 1 aliphatic heterocycles. The molecule has 0 N–H and O–H groups in total. The fourth-order valence-electron chi connectivity index (χ4n) is 5.51. The van der Waals surface area contributed by atoms with Crippen LogP contribution in [0.15, 0.2) is 72.8 Å². The van der Waals surface area contributed by atoms with Gasteiger partial charge in [0.25, 0.3) is 0 Å². The average molecular weight is 515 g/mol. The quantitative estimate of drug-likeness (QED) is 0.222. The molecule has 1 heterocycles. The number of hydrogen-bond donors (Lipinski definition) is 0. The van der Waals surface area contributed by atoms with Crippen LogP contribution in [-0.4, -0.2) is 8.24 Å². The Kier molecular flexibility index (Phi) is 8.42. The average Bonchev–Trinajstić information content (AvgIpc) is 3.17. The maximum absolute atomic E-state index is 5.96. The van der Waals surface area contributed by atoms with E-state index in [4.69, 9.17) is 30.4 Å². The first kappa shape index (κ1) is 25.2. The third kappa shape index (κ3) is 4.49. The number of nitrogens with zero attached hydrogens (tertiary/aromatic N) is 2. The van der Waals surface area contributed by atoms with E-state index in [1.807, 2.05) is 0 Å². The third-order valence-electron chi connectivity index (χ3n) is 6.84. The first-order valence-corrected chi connectivity index (χ1v) is 17.8. The van der Waals surface area contributed by atoms with E-state index in [-0.39, 0.29) is 7.43 Å². The minimum atomic E-state index is -1.95. The summed E-state index contributed by atoms with van der Waals surface area (Å²) >= 11 is -0.556. The van der Waals surface area contributed by atoms with Gasteiger partial charge in [0.1, 0.15) is 0 Å². The van der Waals surface area contributed by atoms with Crippen LogP contribution in [0, 0.1) is 37.5 Å². The number of hydrogen-bond acceptors (Lipinski definition) is 1. The monoisotopic (exact) mass is 514 g/mol. The fraction of sp³-hybridized carbons (Fsp3) is 0.269. The Labute approximate surface area is 210 Å². The van der Waals surface area contributed by atoms with Gasteiger partial charge in [0, 0.05) is 17.3 Å². The normalized spacial score (nSPS) is 24.4. The molecule has 4 atom stereocenters. The topological polar surface area (TPSA) is 17.3 Å². The Morgan fingerprint density at radius 2 is 1.47 bits per heavy atom. The SMILES string of the molecule is C#C[C@H]1CC([Si](C)(C)N2c3ccccc3[N-]c3ccccc32)[C@H]2C=CC=C[C@H]21.[CH3-].[Cl][Ti][Cl]. The van der Waals surface area contributed by atoms with Crippen molar-refractivity contribution in [2.45, 2.75) is 25.1 Å². The van der Waals surface area contributed by atoms with Gasteiger partial charge < -0.3 is 17.3 Å². The van der Waals surface area contributed by atoms with Crippen LogP contribution in [0.2, 0.25) is 18.6 Å². The van der Waals surface area contributed by atoms with Crippen molar-refractivity contribution in [3.8, 4) is 12.3 Å². The van der Waals surface area contributed by atoms with Crippen LogP contribution in [0.5, 0.6) is 0 Å². The van der Waals surface area contributed by atoms with E-state index in [0.717, 1.165) is 17.8 Å². The van der Waals surface area contributed by atoms with Crippen LogP contribution in [-0.2, 0) is 17.0 Å². The van der Waals surface area contributed by atoms with Crippen LogP contribution in [0.25, 0.3) is 5.32 Å². The summed E-state index contributed by atoms with van der Waals surface area (Å²) in [5.41, 5.74) is 5.23. The van der Waals surface area contributed by atoms with Crippen molar-refractivity contribution >= 4 is 49.6 Å². The van der Waals surface area contributed by atoms with Gasteiger partial charge in [-0.05, 0) is 35.9 Å². The molecule has 0 amide bonds. The Balaban J connectivity index is 0.000000686. The number of fused-ring (bicyclic) bond motifs is 3. The number of halogens is 2. The van der Waals surface area contributed by atoms with Crippen molar-refractivity contribution in [2.24, 2.45) is 17.8 Å². The molecule has 1 fully saturated rings. The number of allylic oxidation sites excluding steroid dienone is 4. The summed E-state index contributed by atoms with van der Waals surface area (Å²) < 4.78 is 2.65. The fourth-order valence-corrected chi connectivity index (χ4v) is 9.57. The first-order chi connectivity index (χ1) is 15.0. The molecule has 2 aliphatic carbocycles. The van der Waals surface area contributed by atoms with Crippen LogP contribution in [0.4, 0.5) is 22.7 Å². The van der Waals surface area contributed by atoms with Crippen molar-refractivity contribution in [3.05, 3.63) is 85.6 Å². The number of terminal acetylenes is 1. The number of benzene rings is 2. The molecule has 0 radical (unpaired) electrons. The van der Waals surface area contributed by atoms with E-state index in [1.165, 1.54) is 11.4 Å². The molecule has 1 saturated carbocycles. The van der Waals surface area contributed by atoms with Crippen LogP contribution >= 0.6 is 18.6 Å². The molecule has 5 rings (SSSR count). The second kappa shape index (κ2) is 10.7. The molecule has 0 bridgehead atoms. The van der Waals surface area contributed by atoms with Crippen LogP contribution in [0.1, 0.15) is 6.42 Å². The number of rotatable bonds is 2. The predicted molar refractivity (Wildman–Crippen MR) is 139 cm³/mol. The van der Waals surface area contributed by atoms with Gasteiger partial charge in [0.15, 0.2) is 8.24 Å². The van der Waals surface area contributed by atoms with Gasteiger partial charge in [0.2, 0.25) is 0 Å². The molecule has 1 unspecified atom stereocenters.